The van der Waals surface area contributed by atoms with Crippen molar-refractivity contribution in [2.24, 2.45) is 23.7 Å². The van der Waals surface area contributed by atoms with Crippen molar-refractivity contribution in [2.75, 3.05) is 39.6 Å². The minimum Gasteiger partial charge on any atom is -0.462 e. The second-order valence-electron chi connectivity index (χ2n) is 26.5. The van der Waals surface area contributed by atoms with Gasteiger partial charge in [-0.1, -0.05) is 293 Å². The zero-order valence-corrected chi connectivity index (χ0v) is 59.8. The Bertz CT molecular complexity index is 1770. The number of aliphatic hydroxyl groups is 1. The lowest BCUT2D eigenvalue weighted by molar-refractivity contribution is -0.161. The SMILES string of the molecule is CCC(C)CCCCCCCCCCCCCCCCC(=O)O[C@H](COC(=O)CCCCCCCCCCC(C)C)COP(=O)(O)OC[C@@H](O)COP(=O)(O)OC[C@@H](COC(=O)CCCCCCCCC(C)CC)OC(=O)CCCCCCCCC(C)CC. The maximum Gasteiger partial charge on any atom is 0.472 e. The van der Waals surface area contributed by atoms with Crippen molar-refractivity contribution in [1.82, 2.24) is 0 Å². The molecule has 0 heterocycles. The summed E-state index contributed by atoms with van der Waals surface area (Å²) >= 11 is 0. The minimum absolute atomic E-state index is 0.102. The predicted octanol–water partition coefficient (Wildman–Crippen LogP) is 19.7. The van der Waals surface area contributed by atoms with Gasteiger partial charge in [0.1, 0.15) is 19.3 Å². The molecule has 89 heavy (non-hydrogen) atoms. The number of aliphatic hydroxyl groups excluding tert-OH is 1. The van der Waals surface area contributed by atoms with Crippen molar-refractivity contribution in [2.45, 2.75) is 363 Å². The largest absolute Gasteiger partial charge is 0.472 e. The minimum atomic E-state index is -4.95. The molecule has 0 saturated heterocycles. The Kier molecular flexibility index (Phi) is 58.5. The number of unbranched alkanes of at least 4 members (excludes halogenated alkanes) is 30. The molecule has 0 radical (unpaired) electrons. The smallest absolute Gasteiger partial charge is 0.462 e. The topological polar surface area (TPSA) is 237 Å². The van der Waals surface area contributed by atoms with E-state index in [0.717, 1.165) is 120 Å². The lowest BCUT2D eigenvalue weighted by Crippen LogP contribution is -2.30. The second-order valence-corrected chi connectivity index (χ2v) is 29.4. The molecule has 0 aromatic carbocycles. The molecule has 0 amide bonds. The third-order valence-electron chi connectivity index (χ3n) is 17.2. The number of esters is 4. The summed E-state index contributed by atoms with van der Waals surface area (Å²) in [6, 6.07) is 0. The molecule has 0 aromatic rings. The summed E-state index contributed by atoms with van der Waals surface area (Å²) in [5, 5.41) is 10.6. The predicted molar refractivity (Wildman–Crippen MR) is 358 cm³/mol. The van der Waals surface area contributed by atoms with E-state index in [2.05, 4.69) is 55.4 Å². The van der Waals surface area contributed by atoms with Crippen LogP contribution in [0.3, 0.4) is 0 Å². The van der Waals surface area contributed by atoms with Crippen LogP contribution in [0.15, 0.2) is 0 Å². The van der Waals surface area contributed by atoms with Crippen molar-refractivity contribution in [1.29, 1.82) is 0 Å². The van der Waals surface area contributed by atoms with Crippen LogP contribution < -0.4 is 0 Å². The summed E-state index contributed by atoms with van der Waals surface area (Å²) in [4.78, 5) is 72.5. The molecule has 0 aliphatic carbocycles. The Morgan fingerprint density at radius 1 is 0.315 bits per heavy atom. The van der Waals surface area contributed by atoms with Crippen LogP contribution >= 0.6 is 15.6 Å². The van der Waals surface area contributed by atoms with Gasteiger partial charge >= 0.3 is 39.5 Å². The molecule has 5 unspecified atom stereocenters. The van der Waals surface area contributed by atoms with Gasteiger partial charge in [-0.25, -0.2) is 9.13 Å². The van der Waals surface area contributed by atoms with E-state index in [9.17, 15) is 43.2 Å². The van der Waals surface area contributed by atoms with Crippen LogP contribution in [0, 0.1) is 23.7 Å². The number of phosphoric acid groups is 2. The van der Waals surface area contributed by atoms with E-state index < -0.39 is 97.5 Å². The molecule has 528 valence electrons. The van der Waals surface area contributed by atoms with Gasteiger partial charge < -0.3 is 33.8 Å². The summed E-state index contributed by atoms with van der Waals surface area (Å²) in [7, 11) is -9.90. The van der Waals surface area contributed by atoms with Gasteiger partial charge in [0, 0.05) is 25.7 Å². The van der Waals surface area contributed by atoms with Crippen molar-refractivity contribution in [3.8, 4) is 0 Å². The summed E-state index contributed by atoms with van der Waals surface area (Å²) in [6.45, 7) is 14.1. The normalized spacial score (nSPS) is 15.2. The van der Waals surface area contributed by atoms with Crippen molar-refractivity contribution >= 4 is 39.5 Å². The van der Waals surface area contributed by atoms with Crippen molar-refractivity contribution < 1.29 is 80.2 Å². The first kappa shape index (κ1) is 87.1. The summed E-state index contributed by atoms with van der Waals surface area (Å²) in [5.41, 5.74) is 0. The molecule has 0 aliphatic heterocycles. The fourth-order valence-electron chi connectivity index (χ4n) is 10.4. The lowest BCUT2D eigenvalue weighted by Gasteiger charge is -2.21. The highest BCUT2D eigenvalue weighted by Gasteiger charge is 2.30. The average Bonchev–Trinajstić information content (AvgIpc) is 3.70. The van der Waals surface area contributed by atoms with Gasteiger partial charge in [-0.05, 0) is 49.4 Å². The van der Waals surface area contributed by atoms with E-state index in [1.165, 1.54) is 141 Å². The molecule has 3 N–H and O–H groups in total. The van der Waals surface area contributed by atoms with Gasteiger partial charge in [-0.15, -0.1) is 0 Å². The zero-order chi connectivity index (χ0) is 66.1. The quantitative estimate of drug-likeness (QED) is 0.0222. The molecule has 0 saturated carbocycles. The fraction of sp³-hybridized carbons (Fsp3) is 0.943. The average molecular weight is 1310 g/mol. The van der Waals surface area contributed by atoms with Gasteiger partial charge in [-0.2, -0.15) is 0 Å². The maximum absolute atomic E-state index is 13.0. The zero-order valence-electron chi connectivity index (χ0n) is 58.1. The monoisotopic (exact) mass is 1310 g/mol. The molecule has 17 nitrogen and oxygen atoms in total. The van der Waals surface area contributed by atoms with Crippen LogP contribution in [-0.4, -0.2) is 96.7 Å². The Labute approximate surface area is 543 Å². The van der Waals surface area contributed by atoms with Gasteiger partial charge in [0.25, 0.3) is 0 Å². The number of hydrogen-bond donors (Lipinski definition) is 3. The van der Waals surface area contributed by atoms with Gasteiger partial charge in [-0.3, -0.25) is 37.3 Å². The van der Waals surface area contributed by atoms with E-state index in [0.29, 0.717) is 25.7 Å². The number of carbonyl (C=O) groups is 4. The molecular formula is C70H136O17P2. The Morgan fingerprint density at radius 3 is 0.798 bits per heavy atom. The summed E-state index contributed by atoms with van der Waals surface area (Å²) in [5.74, 6) is 0.889. The Hall–Kier alpha value is -1.94. The van der Waals surface area contributed by atoms with E-state index in [1.54, 1.807) is 0 Å². The number of phosphoric ester groups is 2. The highest BCUT2D eigenvalue weighted by Crippen LogP contribution is 2.45. The van der Waals surface area contributed by atoms with Crippen LogP contribution in [0.1, 0.15) is 344 Å². The molecule has 0 fully saturated rings. The molecule has 8 atom stereocenters. The molecule has 0 spiro atoms. The highest BCUT2D eigenvalue weighted by atomic mass is 31.2. The Morgan fingerprint density at radius 2 is 0.539 bits per heavy atom. The van der Waals surface area contributed by atoms with E-state index in [1.807, 2.05) is 0 Å². The highest BCUT2D eigenvalue weighted by molar-refractivity contribution is 7.47. The first-order valence-corrected chi connectivity index (χ1v) is 39.3. The van der Waals surface area contributed by atoms with Crippen LogP contribution in [0.2, 0.25) is 0 Å². The van der Waals surface area contributed by atoms with Gasteiger partial charge in [0.2, 0.25) is 0 Å². The summed E-state index contributed by atoms with van der Waals surface area (Å²) < 4.78 is 68.2. The lowest BCUT2D eigenvalue weighted by atomic mass is 9.99. The number of rotatable bonds is 67. The number of hydrogen-bond acceptors (Lipinski definition) is 15. The molecule has 0 rings (SSSR count). The second kappa shape index (κ2) is 59.8. The molecule has 0 bridgehead atoms. The van der Waals surface area contributed by atoms with E-state index >= 15 is 0 Å². The van der Waals surface area contributed by atoms with E-state index in [4.69, 9.17) is 37.0 Å². The summed E-state index contributed by atoms with van der Waals surface area (Å²) in [6.07, 6.45) is 41.8. The van der Waals surface area contributed by atoms with Crippen LogP contribution in [-0.2, 0) is 65.4 Å². The molecule has 19 heteroatoms. The standard InChI is InChI=1S/C70H136O17P2/c1-9-61(6)47-39-31-23-18-16-14-12-13-15-17-19-25-36-44-52-69(74)86-65(56-80-67(72)50-42-34-24-21-20-22-30-38-46-60(4)5)58-84-88(76,77)82-54-64(71)55-83-89(78,79)85-59-66(87-70(75)53-45-37-29-27-33-41-49-63(8)11-3)57-81-68(73)51-43-35-28-26-32-40-48-62(7)10-2/h60-66,71H,9-59H2,1-8H3,(H,76,77)(H,78,79)/t61?,62?,63?,64-,65-,66-/m1/s1. The van der Waals surface area contributed by atoms with Crippen LogP contribution in [0.4, 0.5) is 0 Å². The van der Waals surface area contributed by atoms with Crippen LogP contribution in [0.5, 0.6) is 0 Å². The Balaban J connectivity index is 5.23. The fourth-order valence-corrected chi connectivity index (χ4v) is 12.0. The molecule has 0 aliphatic rings. The van der Waals surface area contributed by atoms with Crippen molar-refractivity contribution in [3.05, 3.63) is 0 Å². The first-order valence-electron chi connectivity index (χ1n) is 36.3. The first-order chi connectivity index (χ1) is 42.7. The van der Waals surface area contributed by atoms with E-state index in [-0.39, 0.29) is 25.7 Å². The number of ether oxygens (including phenoxy) is 4. The number of carbonyl (C=O) groups excluding carboxylic acids is 4. The van der Waals surface area contributed by atoms with Gasteiger partial charge in [0.05, 0.1) is 26.4 Å². The maximum atomic E-state index is 13.0. The molecule has 0 aromatic heterocycles. The third kappa shape index (κ3) is 60.7. The van der Waals surface area contributed by atoms with Crippen molar-refractivity contribution in [3.63, 3.8) is 0 Å². The third-order valence-corrected chi connectivity index (χ3v) is 19.1. The molecular weight excluding hydrogens is 1170 g/mol. The van der Waals surface area contributed by atoms with Crippen LogP contribution in [0.25, 0.3) is 0 Å². The van der Waals surface area contributed by atoms with Gasteiger partial charge in [0.15, 0.2) is 12.2 Å².